The van der Waals surface area contributed by atoms with Crippen molar-refractivity contribution in [1.29, 1.82) is 0 Å². The van der Waals surface area contributed by atoms with E-state index in [1.165, 1.54) is 0 Å². The normalized spacial score (nSPS) is 16.5. The van der Waals surface area contributed by atoms with E-state index in [4.69, 9.17) is 4.98 Å². The van der Waals surface area contributed by atoms with Crippen LogP contribution in [0.25, 0.3) is 0 Å². The second-order valence-electron chi connectivity index (χ2n) is 7.70. The number of carbonyl (C=O) groups is 1. The van der Waals surface area contributed by atoms with Gasteiger partial charge in [-0.2, -0.15) is 0 Å². The second-order valence-corrected chi connectivity index (χ2v) is 7.70. The Kier molecular flexibility index (Phi) is 5.56. The van der Waals surface area contributed by atoms with Gasteiger partial charge in [-0.05, 0) is 56.5 Å². The monoisotopic (exact) mass is 386 g/mol. The Hall–Kier alpha value is -3.21. The van der Waals surface area contributed by atoms with Gasteiger partial charge in [0.05, 0.1) is 5.69 Å². The van der Waals surface area contributed by atoms with Crippen LogP contribution in [0.1, 0.15) is 45.9 Å². The average molecular weight is 386 g/mol. The molecule has 0 bridgehead atoms. The zero-order valence-corrected chi connectivity index (χ0v) is 16.9. The largest absolute Gasteiger partial charge is 0.338 e. The van der Waals surface area contributed by atoms with E-state index >= 15 is 0 Å². The Bertz CT molecular complexity index is 1000. The molecule has 1 fully saturated rings. The molecular weight excluding hydrogens is 360 g/mol. The lowest BCUT2D eigenvalue weighted by Crippen LogP contribution is -2.39. The van der Waals surface area contributed by atoms with Gasteiger partial charge in [-0.1, -0.05) is 35.9 Å². The van der Waals surface area contributed by atoms with E-state index < -0.39 is 0 Å². The van der Waals surface area contributed by atoms with Gasteiger partial charge >= 0.3 is 0 Å². The molecule has 1 N–H and O–H groups in total. The molecule has 0 radical (unpaired) electrons. The maximum absolute atomic E-state index is 12.9. The lowest BCUT2D eigenvalue weighted by Gasteiger charge is -2.32. The summed E-state index contributed by atoms with van der Waals surface area (Å²) in [6.45, 7) is 5.57. The minimum atomic E-state index is 0.0991. The van der Waals surface area contributed by atoms with Crippen LogP contribution in [0.4, 0.5) is 11.6 Å². The van der Waals surface area contributed by atoms with Crippen LogP contribution in [-0.4, -0.2) is 33.9 Å². The highest BCUT2D eigenvalue weighted by atomic mass is 16.2. The number of carbonyl (C=O) groups excluding carboxylic acids is 1. The van der Waals surface area contributed by atoms with Crippen LogP contribution < -0.4 is 5.32 Å². The molecule has 2 aromatic carbocycles. The molecular formula is C24H26N4O. The highest BCUT2D eigenvalue weighted by Crippen LogP contribution is 2.27. The van der Waals surface area contributed by atoms with Crippen molar-refractivity contribution in [3.63, 3.8) is 0 Å². The molecule has 2 heterocycles. The van der Waals surface area contributed by atoms with Crippen molar-refractivity contribution in [1.82, 2.24) is 14.9 Å². The zero-order valence-electron chi connectivity index (χ0n) is 16.9. The van der Waals surface area contributed by atoms with Gasteiger partial charge in [0.2, 0.25) is 5.95 Å². The SMILES string of the molecule is Cc1ccc(C(=O)N2CCCC(c3ccnc(Nc4ccccc4C)n3)C2)cc1. The first kappa shape index (κ1) is 19.1. The standard InChI is InChI=1S/C24H26N4O/c1-17-9-11-19(12-10-17)23(29)28-15-5-7-20(16-28)22-13-14-25-24(27-22)26-21-8-4-3-6-18(21)2/h3-4,6,8-14,20H,5,7,15-16H2,1-2H3,(H,25,26,27). The summed E-state index contributed by atoms with van der Waals surface area (Å²) in [6, 6.07) is 17.9. The summed E-state index contributed by atoms with van der Waals surface area (Å²) in [4.78, 5) is 24.0. The third-order valence-corrected chi connectivity index (χ3v) is 5.49. The number of hydrogen-bond acceptors (Lipinski definition) is 4. The van der Waals surface area contributed by atoms with Crippen LogP contribution in [-0.2, 0) is 0 Å². The Morgan fingerprint density at radius 1 is 1.07 bits per heavy atom. The number of benzene rings is 2. The molecule has 1 saturated heterocycles. The molecule has 1 aliphatic rings. The predicted octanol–water partition coefficient (Wildman–Crippen LogP) is 4.86. The summed E-state index contributed by atoms with van der Waals surface area (Å²) in [5, 5.41) is 3.31. The number of likely N-dealkylation sites (tertiary alicyclic amines) is 1. The van der Waals surface area contributed by atoms with E-state index in [1.54, 1.807) is 6.20 Å². The maximum Gasteiger partial charge on any atom is 0.253 e. The van der Waals surface area contributed by atoms with Crippen molar-refractivity contribution in [2.45, 2.75) is 32.6 Å². The summed E-state index contributed by atoms with van der Waals surface area (Å²) in [6.07, 6.45) is 3.80. The van der Waals surface area contributed by atoms with Crippen LogP contribution in [0.5, 0.6) is 0 Å². The van der Waals surface area contributed by atoms with E-state index in [-0.39, 0.29) is 11.8 Å². The van der Waals surface area contributed by atoms with Crippen LogP contribution in [0.2, 0.25) is 0 Å². The molecule has 1 amide bonds. The number of aromatic nitrogens is 2. The quantitative estimate of drug-likeness (QED) is 0.696. The number of anilines is 2. The lowest BCUT2D eigenvalue weighted by molar-refractivity contribution is 0.0706. The van der Waals surface area contributed by atoms with Crippen LogP contribution in [0.3, 0.4) is 0 Å². The van der Waals surface area contributed by atoms with Crippen molar-refractivity contribution in [3.05, 3.63) is 83.2 Å². The summed E-state index contributed by atoms with van der Waals surface area (Å²) < 4.78 is 0. The number of rotatable bonds is 4. The van der Waals surface area contributed by atoms with Gasteiger partial charge in [-0.15, -0.1) is 0 Å². The molecule has 0 aliphatic carbocycles. The third kappa shape index (κ3) is 4.45. The highest BCUT2D eigenvalue weighted by molar-refractivity contribution is 5.94. The third-order valence-electron chi connectivity index (χ3n) is 5.49. The second kappa shape index (κ2) is 8.43. The van der Waals surface area contributed by atoms with Gasteiger partial charge in [0.1, 0.15) is 0 Å². The summed E-state index contributed by atoms with van der Waals surface area (Å²) in [7, 11) is 0. The fourth-order valence-electron chi connectivity index (χ4n) is 3.78. The van der Waals surface area contributed by atoms with Gasteiger partial charge in [-0.25, -0.2) is 9.97 Å². The van der Waals surface area contributed by atoms with Crippen molar-refractivity contribution in [3.8, 4) is 0 Å². The Morgan fingerprint density at radius 3 is 2.66 bits per heavy atom. The van der Waals surface area contributed by atoms with Gasteiger partial charge in [0.25, 0.3) is 5.91 Å². The topological polar surface area (TPSA) is 58.1 Å². The Labute approximate surface area is 171 Å². The zero-order chi connectivity index (χ0) is 20.2. The molecule has 1 unspecified atom stereocenters. The number of hydrogen-bond donors (Lipinski definition) is 1. The smallest absolute Gasteiger partial charge is 0.253 e. The molecule has 5 heteroatoms. The first-order valence-electron chi connectivity index (χ1n) is 10.1. The molecule has 1 atom stereocenters. The number of amides is 1. The first-order chi connectivity index (χ1) is 14.1. The van der Waals surface area contributed by atoms with Crippen LogP contribution in [0, 0.1) is 13.8 Å². The summed E-state index contributed by atoms with van der Waals surface area (Å²) in [5.74, 6) is 0.916. The molecule has 4 rings (SSSR count). The van der Waals surface area contributed by atoms with Crippen molar-refractivity contribution in [2.24, 2.45) is 0 Å². The van der Waals surface area contributed by atoms with Gasteiger partial charge in [-0.3, -0.25) is 4.79 Å². The van der Waals surface area contributed by atoms with Crippen molar-refractivity contribution >= 4 is 17.5 Å². The van der Waals surface area contributed by atoms with Crippen molar-refractivity contribution < 1.29 is 4.79 Å². The number of nitrogens with one attached hydrogen (secondary N) is 1. The number of nitrogens with zero attached hydrogens (tertiary/aromatic N) is 3. The number of piperidine rings is 1. The lowest BCUT2D eigenvalue weighted by atomic mass is 9.94. The van der Waals surface area contributed by atoms with E-state index in [0.717, 1.165) is 47.5 Å². The van der Waals surface area contributed by atoms with Gasteiger partial charge < -0.3 is 10.2 Å². The molecule has 0 saturated carbocycles. The van der Waals surface area contributed by atoms with Crippen molar-refractivity contribution in [2.75, 3.05) is 18.4 Å². The van der Waals surface area contributed by atoms with Gasteiger partial charge in [0, 0.05) is 36.5 Å². The highest BCUT2D eigenvalue weighted by Gasteiger charge is 2.26. The first-order valence-corrected chi connectivity index (χ1v) is 10.1. The predicted molar refractivity (Wildman–Crippen MR) is 116 cm³/mol. The molecule has 0 spiro atoms. The molecule has 148 valence electrons. The van der Waals surface area contributed by atoms with E-state index in [1.807, 2.05) is 60.4 Å². The van der Waals surface area contributed by atoms with Crippen LogP contribution in [0.15, 0.2) is 60.8 Å². The minimum Gasteiger partial charge on any atom is -0.338 e. The van der Waals surface area contributed by atoms with E-state index in [9.17, 15) is 4.79 Å². The fraction of sp³-hybridized carbons (Fsp3) is 0.292. The molecule has 5 nitrogen and oxygen atoms in total. The Morgan fingerprint density at radius 2 is 1.86 bits per heavy atom. The number of aryl methyl sites for hydroxylation is 2. The molecule has 3 aromatic rings. The molecule has 1 aliphatic heterocycles. The molecule has 29 heavy (non-hydrogen) atoms. The number of para-hydroxylation sites is 1. The van der Waals surface area contributed by atoms with Gasteiger partial charge in [0.15, 0.2) is 0 Å². The van der Waals surface area contributed by atoms with E-state index in [2.05, 4.69) is 23.3 Å². The minimum absolute atomic E-state index is 0.0991. The molecule has 1 aromatic heterocycles. The fourth-order valence-corrected chi connectivity index (χ4v) is 3.78. The van der Waals surface area contributed by atoms with Crippen LogP contribution >= 0.6 is 0 Å². The van der Waals surface area contributed by atoms with E-state index in [0.29, 0.717) is 12.5 Å². The summed E-state index contributed by atoms with van der Waals surface area (Å²) in [5.41, 5.74) is 5.05. The summed E-state index contributed by atoms with van der Waals surface area (Å²) >= 11 is 0. The Balaban J connectivity index is 1.49. The maximum atomic E-state index is 12.9. The average Bonchev–Trinajstić information content (AvgIpc) is 2.76.